The second-order valence-electron chi connectivity index (χ2n) is 3.36. The third-order valence-corrected chi connectivity index (χ3v) is 2.35. The molecule has 1 unspecified atom stereocenters. The molecule has 0 saturated heterocycles. The third-order valence-electron chi connectivity index (χ3n) is 2.35. The highest BCUT2D eigenvalue weighted by Gasteiger charge is 2.18. The van der Waals surface area contributed by atoms with Gasteiger partial charge in [0.25, 0.3) is 5.68 Å². The molecule has 1 atom stereocenters. The lowest BCUT2D eigenvalue weighted by molar-refractivity contribution is -0.109. The number of halogens is 2. The molecule has 17 heavy (non-hydrogen) atoms. The van der Waals surface area contributed by atoms with Gasteiger partial charge in [0, 0.05) is 17.8 Å². The largest absolute Gasteiger partial charge is 0.432 e. The highest BCUT2D eigenvalue weighted by Crippen LogP contribution is 2.19. The fraction of sp³-hybridized carbons (Fsp3) is 0.0909. The first-order chi connectivity index (χ1) is 8.13. The molecule has 1 aromatic carbocycles. The smallest absolute Gasteiger partial charge is 0.294 e. The van der Waals surface area contributed by atoms with Crippen molar-refractivity contribution >= 4 is 6.29 Å². The maximum absolute atomic E-state index is 13.5. The molecule has 0 saturated carbocycles. The van der Waals surface area contributed by atoms with Crippen molar-refractivity contribution in [1.29, 1.82) is 5.41 Å². The van der Waals surface area contributed by atoms with Crippen LogP contribution in [0.4, 0.5) is 8.78 Å². The van der Waals surface area contributed by atoms with Crippen LogP contribution in [-0.2, 0) is 4.79 Å². The van der Waals surface area contributed by atoms with Gasteiger partial charge in [-0.2, -0.15) is 0 Å². The van der Waals surface area contributed by atoms with Crippen LogP contribution in [0.5, 0.6) is 0 Å². The highest BCUT2D eigenvalue weighted by molar-refractivity contribution is 5.62. The van der Waals surface area contributed by atoms with Gasteiger partial charge in [-0.25, -0.2) is 8.78 Å². The molecule has 88 valence electrons. The van der Waals surface area contributed by atoms with E-state index in [4.69, 9.17) is 9.83 Å². The molecule has 0 spiro atoms. The van der Waals surface area contributed by atoms with Crippen molar-refractivity contribution in [1.82, 2.24) is 4.57 Å². The van der Waals surface area contributed by atoms with E-state index >= 15 is 0 Å². The molecule has 0 aliphatic heterocycles. The lowest BCUT2D eigenvalue weighted by Gasteiger charge is -2.12. The number of oxazole rings is 1. The Balaban J connectivity index is 2.53. The minimum Gasteiger partial charge on any atom is -0.432 e. The van der Waals surface area contributed by atoms with E-state index in [1.54, 1.807) is 0 Å². The fourth-order valence-electron chi connectivity index (χ4n) is 1.54. The molecule has 1 heterocycles. The summed E-state index contributed by atoms with van der Waals surface area (Å²) in [5.41, 5.74) is -0.299. The number of rotatable bonds is 3. The first kappa shape index (κ1) is 11.3. The van der Waals surface area contributed by atoms with Gasteiger partial charge in [0.1, 0.15) is 30.2 Å². The number of nitrogens with zero attached hydrogens (tertiary/aromatic N) is 1. The van der Waals surface area contributed by atoms with Crippen molar-refractivity contribution in [3.05, 3.63) is 53.5 Å². The predicted octanol–water partition coefficient (Wildman–Crippen LogP) is 1.63. The third kappa shape index (κ3) is 2.01. The van der Waals surface area contributed by atoms with Crippen LogP contribution >= 0.6 is 0 Å². The van der Waals surface area contributed by atoms with E-state index in [9.17, 15) is 13.6 Å². The lowest BCUT2D eigenvalue weighted by Crippen LogP contribution is -2.23. The van der Waals surface area contributed by atoms with Gasteiger partial charge < -0.3 is 9.21 Å². The fourth-order valence-corrected chi connectivity index (χ4v) is 1.54. The predicted molar refractivity (Wildman–Crippen MR) is 53.1 cm³/mol. The summed E-state index contributed by atoms with van der Waals surface area (Å²) >= 11 is 0. The molecule has 1 aromatic heterocycles. The van der Waals surface area contributed by atoms with Crippen molar-refractivity contribution in [2.75, 3.05) is 0 Å². The quantitative estimate of drug-likeness (QED) is 0.826. The van der Waals surface area contributed by atoms with Crippen molar-refractivity contribution in [2.45, 2.75) is 6.04 Å². The van der Waals surface area contributed by atoms with Crippen LogP contribution in [0, 0.1) is 17.0 Å². The van der Waals surface area contributed by atoms with Crippen LogP contribution < -0.4 is 5.68 Å². The number of nitrogens with one attached hydrogen (secondary N) is 1. The summed E-state index contributed by atoms with van der Waals surface area (Å²) in [6, 6.07) is 1.88. The van der Waals surface area contributed by atoms with Gasteiger partial charge in [0.05, 0.1) is 0 Å². The van der Waals surface area contributed by atoms with Crippen LogP contribution in [0.3, 0.4) is 0 Å². The second kappa shape index (κ2) is 4.32. The summed E-state index contributed by atoms with van der Waals surface area (Å²) in [6.45, 7) is 0. The zero-order chi connectivity index (χ0) is 12.4. The second-order valence-corrected chi connectivity index (χ2v) is 3.36. The van der Waals surface area contributed by atoms with Crippen LogP contribution in [0.15, 0.2) is 35.1 Å². The van der Waals surface area contributed by atoms with Gasteiger partial charge in [-0.15, -0.1) is 0 Å². The Labute approximate surface area is 94.6 Å². The Morgan fingerprint density at radius 1 is 1.41 bits per heavy atom. The molecule has 0 aliphatic carbocycles. The molecule has 0 radical (unpaired) electrons. The van der Waals surface area contributed by atoms with E-state index in [1.165, 1.54) is 18.5 Å². The van der Waals surface area contributed by atoms with E-state index in [-0.39, 0.29) is 11.2 Å². The molecule has 2 aromatic rings. The lowest BCUT2D eigenvalue weighted by atomic mass is 10.1. The Kier molecular flexibility index (Phi) is 2.86. The minimum absolute atomic E-state index is 0.0127. The van der Waals surface area contributed by atoms with Crippen LogP contribution in [-0.4, -0.2) is 10.9 Å². The number of aldehydes is 1. The maximum Gasteiger partial charge on any atom is 0.294 e. The number of carbonyl (C=O) groups is 1. The minimum atomic E-state index is -1.04. The van der Waals surface area contributed by atoms with Gasteiger partial charge >= 0.3 is 0 Å². The van der Waals surface area contributed by atoms with Gasteiger partial charge in [-0.3, -0.25) is 9.98 Å². The van der Waals surface area contributed by atoms with E-state index < -0.39 is 17.7 Å². The normalized spacial score (nSPS) is 12.4. The van der Waals surface area contributed by atoms with Crippen molar-refractivity contribution in [3.63, 3.8) is 0 Å². The van der Waals surface area contributed by atoms with Gasteiger partial charge in [0.15, 0.2) is 0 Å². The van der Waals surface area contributed by atoms with Gasteiger partial charge in [-0.1, -0.05) is 6.07 Å². The Hall–Kier alpha value is -2.24. The van der Waals surface area contributed by atoms with E-state index in [0.717, 1.165) is 10.6 Å². The van der Waals surface area contributed by atoms with Crippen LogP contribution in [0.1, 0.15) is 11.6 Å². The molecule has 2 rings (SSSR count). The van der Waals surface area contributed by atoms with Crippen molar-refractivity contribution in [3.8, 4) is 0 Å². The average Bonchev–Trinajstić information content (AvgIpc) is 2.69. The number of aromatic nitrogens is 1. The number of hydrogen-bond acceptors (Lipinski definition) is 3. The molecular weight excluding hydrogens is 230 g/mol. The monoisotopic (exact) mass is 238 g/mol. The number of benzene rings is 1. The topological polar surface area (TPSA) is 59.0 Å². The van der Waals surface area contributed by atoms with Crippen LogP contribution in [0.2, 0.25) is 0 Å². The molecule has 4 nitrogen and oxygen atoms in total. The summed E-state index contributed by atoms with van der Waals surface area (Å²) in [5.74, 6) is -1.56. The zero-order valence-electron chi connectivity index (χ0n) is 8.56. The first-order valence-corrected chi connectivity index (χ1v) is 4.74. The molecule has 0 aliphatic rings. The molecule has 0 amide bonds. The molecular formula is C11H8F2N2O2. The van der Waals surface area contributed by atoms with Crippen LogP contribution in [0.25, 0.3) is 0 Å². The van der Waals surface area contributed by atoms with E-state index in [2.05, 4.69) is 0 Å². The summed E-state index contributed by atoms with van der Waals surface area (Å²) in [7, 11) is 0. The van der Waals surface area contributed by atoms with Gasteiger partial charge in [0.2, 0.25) is 0 Å². The Morgan fingerprint density at radius 3 is 2.71 bits per heavy atom. The van der Waals surface area contributed by atoms with Gasteiger partial charge in [-0.05, 0) is 6.07 Å². The summed E-state index contributed by atoms with van der Waals surface area (Å²) in [5, 5.41) is 7.39. The molecule has 0 bridgehead atoms. The summed E-state index contributed by atoms with van der Waals surface area (Å²) in [6.07, 6.45) is 3.01. The van der Waals surface area contributed by atoms with Crippen molar-refractivity contribution in [2.24, 2.45) is 0 Å². The summed E-state index contributed by atoms with van der Waals surface area (Å²) < 4.78 is 32.1. The highest BCUT2D eigenvalue weighted by atomic mass is 19.1. The number of carbonyl (C=O) groups excluding carboxylic acids is 1. The van der Waals surface area contributed by atoms with Crippen molar-refractivity contribution < 1.29 is 18.0 Å². The Bertz CT molecular complexity index is 604. The van der Waals surface area contributed by atoms with E-state index in [0.29, 0.717) is 12.4 Å². The summed E-state index contributed by atoms with van der Waals surface area (Å²) in [4.78, 5) is 11.0. The molecule has 6 heteroatoms. The molecule has 1 N–H and O–H groups in total. The standard InChI is InChI=1S/C11H8F2N2O2/c12-7-1-2-8(9(13)5-7)10(6-16)15-3-4-17-11(15)14/h1-6,10,14H. The average molecular weight is 238 g/mol. The maximum atomic E-state index is 13.5. The molecule has 0 fully saturated rings. The Morgan fingerprint density at radius 2 is 2.18 bits per heavy atom. The first-order valence-electron chi connectivity index (χ1n) is 4.74. The number of hydrogen-bond donors (Lipinski definition) is 1. The zero-order valence-corrected chi connectivity index (χ0v) is 8.56. The van der Waals surface area contributed by atoms with E-state index in [1.807, 2.05) is 0 Å². The SMILES string of the molecule is N=c1occn1C(C=O)c1ccc(F)cc1F.